The molecule has 1 fully saturated rings. The molecule has 0 unspecified atom stereocenters. The van der Waals surface area contributed by atoms with E-state index in [0.717, 1.165) is 11.3 Å². The van der Waals surface area contributed by atoms with Gasteiger partial charge in [-0.1, -0.05) is 6.92 Å². The molecule has 0 aliphatic heterocycles. The zero-order valence-corrected chi connectivity index (χ0v) is 14.2. The van der Waals surface area contributed by atoms with E-state index in [1.54, 1.807) is 12.4 Å². The molecule has 134 valence electrons. The van der Waals surface area contributed by atoms with Crippen LogP contribution in [0.1, 0.15) is 31.5 Å². The van der Waals surface area contributed by atoms with Crippen molar-refractivity contribution in [1.82, 2.24) is 24.6 Å². The van der Waals surface area contributed by atoms with Crippen molar-refractivity contribution in [2.24, 2.45) is 11.8 Å². The first kappa shape index (κ1) is 16.4. The van der Waals surface area contributed by atoms with Gasteiger partial charge >= 0.3 is 5.76 Å². The number of aromatic amines is 1. The number of halogens is 2. The molecular weight excluding hydrogens is 352 g/mol. The molecule has 0 saturated heterocycles. The molecule has 1 aliphatic carbocycles. The molecule has 3 aromatic heterocycles. The Bertz CT molecular complexity index is 1030. The van der Waals surface area contributed by atoms with E-state index in [0.29, 0.717) is 24.1 Å². The van der Waals surface area contributed by atoms with Gasteiger partial charge in [-0.2, -0.15) is 8.78 Å². The molecule has 0 spiro atoms. The zero-order valence-electron chi connectivity index (χ0n) is 13.4. The Kier molecular flexibility index (Phi) is 3.75. The minimum atomic E-state index is -4.36. The van der Waals surface area contributed by atoms with Gasteiger partial charge in [-0.05, 0) is 30.7 Å². The molecule has 25 heavy (non-hydrogen) atoms. The first-order chi connectivity index (χ1) is 11.9. The van der Waals surface area contributed by atoms with E-state index in [4.69, 9.17) is 0 Å². The predicted octanol–water partition coefficient (Wildman–Crippen LogP) is 2.37. The number of nitrogens with zero attached hydrogens (tertiary/aromatic N) is 4. The molecule has 7 nitrogen and oxygen atoms in total. The van der Waals surface area contributed by atoms with Crippen molar-refractivity contribution in [1.29, 1.82) is 0 Å². The first-order valence-corrected chi connectivity index (χ1v) is 9.75. The Morgan fingerprint density at radius 1 is 1.36 bits per heavy atom. The van der Waals surface area contributed by atoms with E-state index >= 15 is 0 Å². The lowest BCUT2D eigenvalue weighted by molar-refractivity contribution is 0.233. The van der Waals surface area contributed by atoms with Gasteiger partial charge in [0.1, 0.15) is 5.82 Å². The van der Waals surface area contributed by atoms with Crippen LogP contribution in [0, 0.1) is 11.8 Å². The standard InChI is InChI=1S/C15H17F2N5O2S/c1-8-4-9(7-25(23,24)15(16)17)5-10(8)14-21-20-12-6-19-13-11(22(12)14)2-3-18-13/h2-3,6,8-10,15,18H,4-5,7H2,1H3/t8-,9+,10+/m1/s1. The summed E-state index contributed by atoms with van der Waals surface area (Å²) < 4.78 is 50.3. The second-order valence-electron chi connectivity index (χ2n) is 6.73. The van der Waals surface area contributed by atoms with Crippen molar-refractivity contribution >= 4 is 26.6 Å². The summed E-state index contributed by atoms with van der Waals surface area (Å²) in [4.78, 5) is 7.30. The topological polar surface area (TPSA) is 93.0 Å². The minimum absolute atomic E-state index is 0.0339. The predicted molar refractivity (Wildman–Crippen MR) is 87.1 cm³/mol. The van der Waals surface area contributed by atoms with E-state index in [9.17, 15) is 17.2 Å². The third-order valence-electron chi connectivity index (χ3n) is 5.02. The molecule has 0 aromatic carbocycles. The van der Waals surface area contributed by atoms with E-state index < -0.39 is 21.3 Å². The Morgan fingerprint density at radius 2 is 2.16 bits per heavy atom. The van der Waals surface area contributed by atoms with Crippen molar-refractivity contribution in [3.8, 4) is 0 Å². The van der Waals surface area contributed by atoms with Crippen molar-refractivity contribution in [3.63, 3.8) is 0 Å². The van der Waals surface area contributed by atoms with E-state index in [2.05, 4.69) is 20.2 Å². The summed E-state index contributed by atoms with van der Waals surface area (Å²) in [6, 6.07) is 1.88. The second-order valence-corrected chi connectivity index (χ2v) is 8.75. The van der Waals surface area contributed by atoms with E-state index in [-0.39, 0.29) is 17.8 Å². The SMILES string of the molecule is C[C@@H]1C[C@H](CS(=O)(=O)C(F)F)C[C@@H]1c1nnc2cnc3[nH]ccc3n12. The highest BCUT2D eigenvalue weighted by Crippen LogP contribution is 2.43. The molecular formula is C15H17F2N5O2S. The monoisotopic (exact) mass is 369 g/mol. The van der Waals surface area contributed by atoms with E-state index in [1.165, 1.54) is 0 Å². The quantitative estimate of drug-likeness (QED) is 0.762. The van der Waals surface area contributed by atoms with Crippen LogP contribution in [0.3, 0.4) is 0 Å². The van der Waals surface area contributed by atoms with Gasteiger partial charge in [-0.15, -0.1) is 10.2 Å². The van der Waals surface area contributed by atoms with Crippen molar-refractivity contribution in [2.45, 2.75) is 31.4 Å². The Labute approximate surface area is 142 Å². The van der Waals surface area contributed by atoms with Gasteiger partial charge in [0.15, 0.2) is 11.3 Å². The molecule has 3 atom stereocenters. The summed E-state index contributed by atoms with van der Waals surface area (Å²) in [6.45, 7) is 2.00. The third kappa shape index (κ3) is 2.68. The molecule has 1 saturated carbocycles. The fourth-order valence-electron chi connectivity index (χ4n) is 3.91. The number of nitrogens with one attached hydrogen (secondary N) is 1. The highest BCUT2D eigenvalue weighted by Gasteiger charge is 2.39. The number of sulfone groups is 1. The van der Waals surface area contributed by atoms with Gasteiger partial charge in [-0.25, -0.2) is 13.4 Å². The van der Waals surface area contributed by atoms with Crippen molar-refractivity contribution in [3.05, 3.63) is 24.3 Å². The van der Waals surface area contributed by atoms with Crippen LogP contribution in [0.5, 0.6) is 0 Å². The molecule has 1 N–H and O–H groups in total. The summed E-state index contributed by atoms with van der Waals surface area (Å²) in [6.07, 6.45) is 4.47. The summed E-state index contributed by atoms with van der Waals surface area (Å²) >= 11 is 0. The number of fused-ring (bicyclic) bond motifs is 3. The van der Waals surface area contributed by atoms with Gasteiger partial charge in [0.05, 0.1) is 17.5 Å². The van der Waals surface area contributed by atoms with Crippen LogP contribution < -0.4 is 0 Å². The summed E-state index contributed by atoms with van der Waals surface area (Å²) in [5, 5.41) is 8.44. The molecule has 3 aromatic rings. The summed E-state index contributed by atoms with van der Waals surface area (Å²) in [5.74, 6) is -3.27. The normalized spacial score (nSPS) is 24.7. The van der Waals surface area contributed by atoms with Gasteiger partial charge in [-0.3, -0.25) is 4.40 Å². The van der Waals surface area contributed by atoms with Crippen LogP contribution in [0.25, 0.3) is 16.8 Å². The fourth-order valence-corrected chi connectivity index (χ4v) is 4.99. The van der Waals surface area contributed by atoms with Crippen LogP contribution in [0.15, 0.2) is 18.5 Å². The van der Waals surface area contributed by atoms with Crippen LogP contribution in [-0.4, -0.2) is 44.5 Å². The van der Waals surface area contributed by atoms with Crippen LogP contribution >= 0.6 is 0 Å². The Balaban J connectivity index is 1.69. The Morgan fingerprint density at radius 3 is 2.92 bits per heavy atom. The number of aromatic nitrogens is 5. The number of alkyl halides is 2. The largest absolute Gasteiger partial charge is 0.345 e. The zero-order chi connectivity index (χ0) is 17.8. The number of rotatable bonds is 4. The highest BCUT2D eigenvalue weighted by molar-refractivity contribution is 7.91. The van der Waals surface area contributed by atoms with Crippen LogP contribution in [0.2, 0.25) is 0 Å². The van der Waals surface area contributed by atoms with Crippen molar-refractivity contribution < 1.29 is 17.2 Å². The lowest BCUT2D eigenvalue weighted by Gasteiger charge is -2.13. The maximum atomic E-state index is 12.7. The number of hydrogen-bond donors (Lipinski definition) is 1. The molecule has 0 bridgehead atoms. The molecule has 0 amide bonds. The maximum Gasteiger partial charge on any atom is 0.336 e. The maximum absolute atomic E-state index is 12.7. The van der Waals surface area contributed by atoms with Gasteiger partial charge in [0.25, 0.3) is 0 Å². The lowest BCUT2D eigenvalue weighted by atomic mass is 9.97. The lowest BCUT2D eigenvalue weighted by Crippen LogP contribution is -2.20. The van der Waals surface area contributed by atoms with Gasteiger partial charge in [0.2, 0.25) is 9.84 Å². The van der Waals surface area contributed by atoms with Gasteiger partial charge in [0, 0.05) is 12.1 Å². The number of H-pyrrole nitrogens is 1. The highest BCUT2D eigenvalue weighted by atomic mass is 32.2. The summed E-state index contributed by atoms with van der Waals surface area (Å²) in [7, 11) is -4.36. The van der Waals surface area contributed by atoms with Crippen molar-refractivity contribution in [2.75, 3.05) is 5.75 Å². The molecule has 1 aliphatic rings. The van der Waals surface area contributed by atoms with Crippen LogP contribution in [0.4, 0.5) is 8.78 Å². The Hall–Kier alpha value is -2.10. The third-order valence-corrected chi connectivity index (χ3v) is 6.50. The average molecular weight is 369 g/mol. The van der Waals surface area contributed by atoms with Gasteiger partial charge < -0.3 is 4.98 Å². The minimum Gasteiger partial charge on any atom is -0.345 e. The molecule has 10 heteroatoms. The average Bonchev–Trinajstić information content (AvgIpc) is 3.23. The van der Waals surface area contributed by atoms with E-state index in [1.807, 2.05) is 17.4 Å². The second kappa shape index (κ2) is 5.72. The smallest absolute Gasteiger partial charge is 0.336 e. The van der Waals surface area contributed by atoms with Crippen LogP contribution in [-0.2, 0) is 9.84 Å². The first-order valence-electron chi connectivity index (χ1n) is 8.03. The molecule has 0 radical (unpaired) electrons. The fraction of sp³-hybridized carbons (Fsp3) is 0.533. The molecule has 3 heterocycles. The number of hydrogen-bond acceptors (Lipinski definition) is 5. The summed E-state index contributed by atoms with van der Waals surface area (Å²) in [5.41, 5.74) is 2.15. The molecule has 4 rings (SSSR count).